The maximum absolute atomic E-state index is 4.25. The molecule has 1 aliphatic rings. The van der Waals surface area contributed by atoms with Gasteiger partial charge in [0.15, 0.2) is 0 Å². The summed E-state index contributed by atoms with van der Waals surface area (Å²) in [6, 6.07) is 10.7. The number of hydrogen-bond donors (Lipinski definition) is 0. The minimum absolute atomic E-state index is 1.11. The number of likely N-dealkylation sites (N-methyl/N-ethyl adjacent to an activating group) is 1. The molecule has 0 amide bonds. The molecule has 2 rings (SSSR count). The molecule has 3 nitrogen and oxygen atoms in total. The fourth-order valence-electron chi connectivity index (χ4n) is 1.85. The van der Waals surface area contributed by atoms with Crippen LogP contribution >= 0.6 is 0 Å². The van der Waals surface area contributed by atoms with Crippen LogP contribution in [-0.4, -0.2) is 57.2 Å². The van der Waals surface area contributed by atoms with E-state index in [9.17, 15) is 0 Å². The Labute approximate surface area is 105 Å². The van der Waals surface area contributed by atoms with Gasteiger partial charge in [0.25, 0.3) is 0 Å². The van der Waals surface area contributed by atoms with Crippen LogP contribution in [0.5, 0.6) is 0 Å². The molecule has 0 spiro atoms. The minimum Gasteiger partial charge on any atom is -0.388 e. The number of nitrogens with zero attached hydrogens (tertiary/aromatic N) is 2. The van der Waals surface area contributed by atoms with Crippen LogP contribution in [0.15, 0.2) is 30.3 Å². The molecule has 0 aromatic heterocycles. The second kappa shape index (κ2) is 8.23. The van der Waals surface area contributed by atoms with Crippen molar-refractivity contribution >= 4 is 0 Å². The molecule has 17 heavy (non-hydrogen) atoms. The van der Waals surface area contributed by atoms with Gasteiger partial charge >= 0.3 is 0 Å². The van der Waals surface area contributed by atoms with E-state index in [1.165, 1.54) is 31.7 Å². The summed E-state index contributed by atoms with van der Waals surface area (Å²) in [6.45, 7) is 5.91. The zero-order valence-electron chi connectivity index (χ0n) is 11.2. The van der Waals surface area contributed by atoms with Crippen LogP contribution in [0.2, 0.25) is 0 Å². The normalized spacial score (nSPS) is 17.4. The van der Waals surface area contributed by atoms with Gasteiger partial charge in [-0.3, -0.25) is 4.90 Å². The summed E-state index contributed by atoms with van der Waals surface area (Å²) in [5, 5.41) is 0. The second-order valence-electron chi connectivity index (χ2n) is 4.47. The lowest BCUT2D eigenvalue weighted by Crippen LogP contribution is -2.43. The Hall–Kier alpha value is -0.900. The highest BCUT2D eigenvalue weighted by molar-refractivity contribution is 5.14. The molecular formula is C14H24N2O. The third-order valence-electron chi connectivity index (χ3n) is 2.84. The van der Waals surface area contributed by atoms with Crippen molar-refractivity contribution in [2.75, 3.05) is 47.4 Å². The molecule has 0 aliphatic carbocycles. The Morgan fingerprint density at radius 1 is 1.00 bits per heavy atom. The predicted molar refractivity (Wildman–Crippen MR) is 72.1 cm³/mol. The van der Waals surface area contributed by atoms with Crippen LogP contribution in [0.25, 0.3) is 0 Å². The Morgan fingerprint density at radius 2 is 1.53 bits per heavy atom. The number of methoxy groups -OCH3 is 1. The van der Waals surface area contributed by atoms with Gasteiger partial charge in [0.05, 0.1) is 0 Å². The fourth-order valence-corrected chi connectivity index (χ4v) is 1.85. The van der Waals surface area contributed by atoms with E-state index < -0.39 is 0 Å². The largest absolute Gasteiger partial charge is 0.388 e. The van der Waals surface area contributed by atoms with Crippen LogP contribution in [0.3, 0.4) is 0 Å². The molecule has 1 aromatic carbocycles. The maximum Gasteiger partial charge on any atom is 0.0351 e. The van der Waals surface area contributed by atoms with E-state index in [1.807, 2.05) is 0 Å². The Balaban J connectivity index is 0.000000437. The zero-order chi connectivity index (χ0) is 12.5. The summed E-state index contributed by atoms with van der Waals surface area (Å²) in [4.78, 5) is 4.91. The molecule has 1 aliphatic heterocycles. The molecule has 3 heteroatoms. The topological polar surface area (TPSA) is 15.7 Å². The smallest absolute Gasteiger partial charge is 0.0351 e. The molecule has 1 aromatic rings. The number of ether oxygens (including phenoxy) is 1. The monoisotopic (exact) mass is 236 g/mol. The van der Waals surface area contributed by atoms with Crippen molar-refractivity contribution in [1.29, 1.82) is 0 Å². The number of piperazine rings is 1. The van der Waals surface area contributed by atoms with Gasteiger partial charge < -0.3 is 9.64 Å². The van der Waals surface area contributed by atoms with Gasteiger partial charge in [0, 0.05) is 46.9 Å². The van der Waals surface area contributed by atoms with Crippen molar-refractivity contribution in [2.45, 2.75) is 6.54 Å². The van der Waals surface area contributed by atoms with E-state index in [0.717, 1.165) is 6.54 Å². The lowest BCUT2D eigenvalue weighted by molar-refractivity contribution is 0.148. The zero-order valence-corrected chi connectivity index (χ0v) is 11.2. The van der Waals surface area contributed by atoms with Crippen molar-refractivity contribution in [3.8, 4) is 0 Å². The van der Waals surface area contributed by atoms with Gasteiger partial charge in [-0.1, -0.05) is 30.3 Å². The van der Waals surface area contributed by atoms with Gasteiger partial charge in [-0.05, 0) is 12.6 Å². The number of rotatable bonds is 2. The highest BCUT2D eigenvalue weighted by Gasteiger charge is 2.13. The Bertz CT molecular complexity index is 282. The highest BCUT2D eigenvalue weighted by Crippen LogP contribution is 2.06. The first-order chi connectivity index (χ1) is 8.26. The van der Waals surface area contributed by atoms with Crippen molar-refractivity contribution in [2.24, 2.45) is 0 Å². The molecule has 0 N–H and O–H groups in total. The minimum atomic E-state index is 1.11. The molecule has 0 saturated carbocycles. The third kappa shape index (κ3) is 5.82. The van der Waals surface area contributed by atoms with E-state index in [-0.39, 0.29) is 0 Å². The van der Waals surface area contributed by atoms with Crippen LogP contribution in [0.4, 0.5) is 0 Å². The van der Waals surface area contributed by atoms with Gasteiger partial charge in [-0.15, -0.1) is 0 Å². The molecule has 0 radical (unpaired) electrons. The number of hydrogen-bond acceptors (Lipinski definition) is 3. The molecule has 1 heterocycles. The van der Waals surface area contributed by atoms with Gasteiger partial charge in [-0.25, -0.2) is 0 Å². The Kier molecular flexibility index (Phi) is 6.86. The van der Waals surface area contributed by atoms with E-state index in [4.69, 9.17) is 0 Å². The molecular weight excluding hydrogens is 212 g/mol. The average Bonchev–Trinajstić information content (AvgIpc) is 2.35. The lowest BCUT2D eigenvalue weighted by Gasteiger charge is -2.32. The van der Waals surface area contributed by atoms with Crippen LogP contribution in [-0.2, 0) is 11.3 Å². The van der Waals surface area contributed by atoms with Crippen molar-refractivity contribution in [3.63, 3.8) is 0 Å². The highest BCUT2D eigenvalue weighted by atomic mass is 16.4. The summed E-state index contributed by atoms with van der Waals surface area (Å²) >= 11 is 0. The first kappa shape index (κ1) is 14.2. The van der Waals surface area contributed by atoms with E-state index in [0.29, 0.717) is 0 Å². The summed E-state index contributed by atoms with van der Waals surface area (Å²) in [7, 11) is 5.44. The summed E-state index contributed by atoms with van der Waals surface area (Å²) in [5.74, 6) is 0. The fraction of sp³-hybridized carbons (Fsp3) is 0.571. The SMILES string of the molecule is CN1CCN(Cc2ccccc2)CC1.COC. The van der Waals surface area contributed by atoms with E-state index in [2.05, 4.69) is 51.9 Å². The standard InChI is InChI=1S/C12H18N2.C2H6O/c1-13-7-9-14(10-8-13)11-12-5-3-2-4-6-12;1-3-2/h2-6H,7-11H2,1H3;1-2H3. The third-order valence-corrected chi connectivity index (χ3v) is 2.84. The van der Waals surface area contributed by atoms with Crippen LogP contribution in [0, 0.1) is 0 Å². The molecule has 96 valence electrons. The summed E-state index contributed by atoms with van der Waals surface area (Å²) < 4.78 is 4.25. The van der Waals surface area contributed by atoms with Crippen molar-refractivity contribution in [1.82, 2.24) is 9.80 Å². The quantitative estimate of drug-likeness (QED) is 0.777. The van der Waals surface area contributed by atoms with Crippen molar-refractivity contribution in [3.05, 3.63) is 35.9 Å². The van der Waals surface area contributed by atoms with Crippen molar-refractivity contribution < 1.29 is 4.74 Å². The van der Waals surface area contributed by atoms with E-state index >= 15 is 0 Å². The molecule has 1 fully saturated rings. The predicted octanol–water partition coefficient (Wildman–Crippen LogP) is 1.70. The molecule has 0 atom stereocenters. The first-order valence-electron chi connectivity index (χ1n) is 6.11. The van der Waals surface area contributed by atoms with Crippen LogP contribution < -0.4 is 0 Å². The summed E-state index contributed by atoms with van der Waals surface area (Å²) in [6.07, 6.45) is 0. The summed E-state index contributed by atoms with van der Waals surface area (Å²) in [5.41, 5.74) is 1.43. The van der Waals surface area contributed by atoms with Crippen LogP contribution in [0.1, 0.15) is 5.56 Å². The number of benzene rings is 1. The first-order valence-corrected chi connectivity index (χ1v) is 6.11. The molecule has 1 saturated heterocycles. The van der Waals surface area contributed by atoms with E-state index in [1.54, 1.807) is 14.2 Å². The van der Waals surface area contributed by atoms with Gasteiger partial charge in [0.2, 0.25) is 0 Å². The van der Waals surface area contributed by atoms with Gasteiger partial charge in [-0.2, -0.15) is 0 Å². The molecule has 0 bridgehead atoms. The lowest BCUT2D eigenvalue weighted by atomic mass is 10.2. The van der Waals surface area contributed by atoms with Gasteiger partial charge in [0.1, 0.15) is 0 Å². The Morgan fingerprint density at radius 3 is 2.06 bits per heavy atom. The second-order valence-corrected chi connectivity index (χ2v) is 4.47. The average molecular weight is 236 g/mol. The molecule has 0 unspecified atom stereocenters. The maximum atomic E-state index is 4.25.